The van der Waals surface area contributed by atoms with Crippen LogP contribution in [-0.2, 0) is 5.60 Å². The Morgan fingerprint density at radius 1 is 1.20 bits per heavy atom. The average Bonchev–Trinajstić information content (AvgIpc) is 2.96. The zero-order valence-electron chi connectivity index (χ0n) is 11.8. The van der Waals surface area contributed by atoms with Gasteiger partial charge in [0, 0.05) is 21.4 Å². The lowest BCUT2D eigenvalue weighted by molar-refractivity contribution is 0.103. The fourth-order valence-corrected chi connectivity index (χ4v) is 2.98. The third-order valence-electron chi connectivity index (χ3n) is 3.24. The van der Waals surface area contributed by atoms with Gasteiger partial charge in [-0.15, -0.1) is 11.3 Å². The molecular formula is C16H18O3S. The molecule has 1 atom stereocenters. The van der Waals surface area contributed by atoms with E-state index in [0.29, 0.717) is 17.1 Å². The number of hydrogen-bond acceptors (Lipinski definition) is 4. The van der Waals surface area contributed by atoms with Crippen LogP contribution < -0.4 is 9.47 Å². The Balaban J connectivity index is 2.49. The third-order valence-corrected chi connectivity index (χ3v) is 4.53. The van der Waals surface area contributed by atoms with E-state index in [9.17, 15) is 5.11 Å². The van der Waals surface area contributed by atoms with Crippen LogP contribution >= 0.6 is 11.3 Å². The van der Waals surface area contributed by atoms with Crippen molar-refractivity contribution in [3.05, 3.63) is 52.2 Å². The fourth-order valence-electron chi connectivity index (χ4n) is 2.06. The number of aliphatic hydroxyl groups is 1. The van der Waals surface area contributed by atoms with E-state index in [4.69, 9.17) is 9.47 Å². The van der Waals surface area contributed by atoms with Gasteiger partial charge in [0.25, 0.3) is 0 Å². The predicted molar refractivity (Wildman–Crippen MR) is 82.6 cm³/mol. The molecule has 0 aliphatic heterocycles. The second-order valence-corrected chi connectivity index (χ2v) is 5.66. The topological polar surface area (TPSA) is 38.7 Å². The van der Waals surface area contributed by atoms with Crippen molar-refractivity contribution in [2.45, 2.75) is 12.5 Å². The smallest absolute Gasteiger partial charge is 0.129 e. The minimum Gasteiger partial charge on any atom is -0.497 e. The summed E-state index contributed by atoms with van der Waals surface area (Å²) in [7, 11) is 3.18. The van der Waals surface area contributed by atoms with Crippen molar-refractivity contribution in [2.24, 2.45) is 0 Å². The molecule has 2 aromatic rings. The van der Waals surface area contributed by atoms with Crippen molar-refractivity contribution in [3.8, 4) is 11.5 Å². The summed E-state index contributed by atoms with van der Waals surface area (Å²) in [5.41, 5.74) is -0.415. The summed E-state index contributed by atoms with van der Waals surface area (Å²) in [4.78, 5) is 1.86. The molecular weight excluding hydrogens is 272 g/mol. The van der Waals surface area contributed by atoms with E-state index in [1.165, 1.54) is 11.3 Å². The quantitative estimate of drug-likeness (QED) is 0.913. The number of methoxy groups -OCH3 is 2. The number of benzene rings is 1. The number of rotatable bonds is 5. The van der Waals surface area contributed by atoms with Crippen LogP contribution in [0, 0.1) is 0 Å². The van der Waals surface area contributed by atoms with Crippen molar-refractivity contribution in [1.82, 2.24) is 0 Å². The van der Waals surface area contributed by atoms with Crippen molar-refractivity contribution < 1.29 is 14.6 Å². The van der Waals surface area contributed by atoms with Gasteiger partial charge in [0.05, 0.1) is 14.2 Å². The second kappa shape index (κ2) is 5.69. The maximum absolute atomic E-state index is 10.9. The van der Waals surface area contributed by atoms with Crippen LogP contribution in [0.4, 0.5) is 0 Å². The zero-order valence-corrected chi connectivity index (χ0v) is 12.7. The normalized spacial score (nSPS) is 13.6. The van der Waals surface area contributed by atoms with E-state index in [-0.39, 0.29) is 0 Å². The molecule has 0 fully saturated rings. The Morgan fingerprint density at radius 3 is 2.50 bits per heavy atom. The summed E-state index contributed by atoms with van der Waals surface area (Å²) in [5, 5.41) is 10.9. The first kappa shape index (κ1) is 14.6. The molecule has 20 heavy (non-hydrogen) atoms. The Bertz CT molecular complexity index is 614. The minimum atomic E-state index is -1.12. The summed E-state index contributed by atoms with van der Waals surface area (Å²) in [6.07, 6.45) is 1.77. The van der Waals surface area contributed by atoms with Crippen LogP contribution in [-0.4, -0.2) is 19.3 Å². The highest BCUT2D eigenvalue weighted by atomic mass is 32.1. The van der Waals surface area contributed by atoms with Crippen molar-refractivity contribution in [2.75, 3.05) is 14.2 Å². The van der Waals surface area contributed by atoms with E-state index in [0.717, 1.165) is 9.75 Å². The molecule has 106 valence electrons. The fraction of sp³-hybridized carbons (Fsp3) is 0.250. The summed E-state index contributed by atoms with van der Waals surface area (Å²) < 4.78 is 10.6. The van der Waals surface area contributed by atoms with Gasteiger partial charge in [0.2, 0.25) is 0 Å². The van der Waals surface area contributed by atoms with Gasteiger partial charge in [-0.05, 0) is 31.2 Å². The SMILES string of the molecule is C=Cc1ccc(C(C)(O)c2ccc(OC)cc2OC)s1. The van der Waals surface area contributed by atoms with E-state index in [2.05, 4.69) is 6.58 Å². The molecule has 0 amide bonds. The van der Waals surface area contributed by atoms with E-state index < -0.39 is 5.60 Å². The summed E-state index contributed by atoms with van der Waals surface area (Å²) in [6.45, 7) is 5.50. The number of hydrogen-bond donors (Lipinski definition) is 1. The van der Waals surface area contributed by atoms with Gasteiger partial charge >= 0.3 is 0 Å². The maximum atomic E-state index is 10.9. The van der Waals surface area contributed by atoms with Crippen molar-refractivity contribution in [1.29, 1.82) is 0 Å². The Kier molecular flexibility index (Phi) is 4.16. The van der Waals surface area contributed by atoms with Gasteiger partial charge in [-0.25, -0.2) is 0 Å². The zero-order chi connectivity index (χ0) is 14.8. The van der Waals surface area contributed by atoms with Gasteiger partial charge in [-0.1, -0.05) is 12.7 Å². The molecule has 0 aliphatic rings. The van der Waals surface area contributed by atoms with E-state index in [1.807, 2.05) is 24.3 Å². The maximum Gasteiger partial charge on any atom is 0.129 e. The second-order valence-electron chi connectivity index (χ2n) is 4.54. The molecule has 0 radical (unpaired) electrons. The van der Waals surface area contributed by atoms with Gasteiger partial charge in [-0.2, -0.15) is 0 Å². The van der Waals surface area contributed by atoms with Crippen LogP contribution in [0.25, 0.3) is 6.08 Å². The van der Waals surface area contributed by atoms with Gasteiger partial charge in [0.1, 0.15) is 17.1 Å². The lowest BCUT2D eigenvalue weighted by Crippen LogP contribution is -2.22. The van der Waals surface area contributed by atoms with Crippen LogP contribution in [0.15, 0.2) is 36.9 Å². The largest absolute Gasteiger partial charge is 0.497 e. The van der Waals surface area contributed by atoms with Gasteiger partial charge < -0.3 is 14.6 Å². The molecule has 3 nitrogen and oxygen atoms in total. The van der Waals surface area contributed by atoms with Crippen LogP contribution in [0.3, 0.4) is 0 Å². The lowest BCUT2D eigenvalue weighted by atomic mass is 9.93. The molecule has 1 aromatic carbocycles. The molecule has 0 spiro atoms. The van der Waals surface area contributed by atoms with Crippen LogP contribution in [0.2, 0.25) is 0 Å². The molecule has 0 saturated heterocycles. The average molecular weight is 290 g/mol. The highest BCUT2D eigenvalue weighted by molar-refractivity contribution is 7.13. The van der Waals surface area contributed by atoms with Crippen molar-refractivity contribution >= 4 is 17.4 Å². The molecule has 1 heterocycles. The van der Waals surface area contributed by atoms with E-state index in [1.54, 1.807) is 33.3 Å². The summed E-state index contributed by atoms with van der Waals surface area (Å²) in [6, 6.07) is 9.26. The van der Waals surface area contributed by atoms with Crippen LogP contribution in [0.1, 0.15) is 22.2 Å². The Hall–Kier alpha value is -1.78. The van der Waals surface area contributed by atoms with Gasteiger partial charge in [0.15, 0.2) is 0 Å². The van der Waals surface area contributed by atoms with Gasteiger partial charge in [-0.3, -0.25) is 0 Å². The molecule has 1 N–H and O–H groups in total. The molecule has 1 aromatic heterocycles. The third kappa shape index (κ3) is 2.57. The molecule has 0 saturated carbocycles. The predicted octanol–water partition coefficient (Wildman–Crippen LogP) is 3.66. The highest BCUT2D eigenvalue weighted by Crippen LogP contribution is 2.40. The number of ether oxygens (including phenoxy) is 2. The Labute approximate surface area is 123 Å². The molecule has 2 rings (SSSR count). The first-order valence-electron chi connectivity index (χ1n) is 6.20. The standard InChI is InChI=1S/C16H18O3S/c1-5-12-7-9-15(20-12)16(2,17)13-8-6-11(18-3)10-14(13)19-4/h5-10,17H,1H2,2-4H3. The Morgan fingerprint density at radius 2 is 1.95 bits per heavy atom. The summed E-state index contributed by atoms with van der Waals surface area (Å²) >= 11 is 1.51. The molecule has 0 bridgehead atoms. The first-order chi connectivity index (χ1) is 9.52. The molecule has 0 aliphatic carbocycles. The molecule has 1 unspecified atom stereocenters. The first-order valence-corrected chi connectivity index (χ1v) is 7.02. The lowest BCUT2D eigenvalue weighted by Gasteiger charge is -2.25. The van der Waals surface area contributed by atoms with E-state index >= 15 is 0 Å². The monoisotopic (exact) mass is 290 g/mol. The number of thiophene rings is 1. The van der Waals surface area contributed by atoms with Crippen LogP contribution in [0.5, 0.6) is 11.5 Å². The minimum absolute atomic E-state index is 0.600. The molecule has 4 heteroatoms. The highest BCUT2D eigenvalue weighted by Gasteiger charge is 2.30. The summed E-state index contributed by atoms with van der Waals surface area (Å²) in [5.74, 6) is 1.29. The van der Waals surface area contributed by atoms with Crippen molar-refractivity contribution in [3.63, 3.8) is 0 Å².